The second-order valence-electron chi connectivity index (χ2n) is 22.8. The van der Waals surface area contributed by atoms with E-state index >= 15 is 0 Å². The van der Waals surface area contributed by atoms with Crippen LogP contribution < -0.4 is 9.80 Å². The van der Waals surface area contributed by atoms with Gasteiger partial charge in [-0.25, -0.2) is 0 Å². The Kier molecular flexibility index (Phi) is 7.55. The molecule has 0 bridgehead atoms. The summed E-state index contributed by atoms with van der Waals surface area (Å²) >= 11 is 0. The lowest BCUT2D eigenvalue weighted by Gasteiger charge is -2.43. The molecule has 0 aromatic heterocycles. The summed E-state index contributed by atoms with van der Waals surface area (Å²) in [7, 11) is 0. The van der Waals surface area contributed by atoms with Crippen molar-refractivity contribution in [1.82, 2.24) is 0 Å². The summed E-state index contributed by atoms with van der Waals surface area (Å²) in [6, 6.07) is 70.2. The molecular formula is C68H54N2. The van der Waals surface area contributed by atoms with Gasteiger partial charge in [0.1, 0.15) is 0 Å². The number of nitrogens with zero attached hydrogens (tertiary/aromatic N) is 2. The second kappa shape index (κ2) is 13.1. The number of hydrogen-bond donors (Lipinski definition) is 0. The van der Waals surface area contributed by atoms with E-state index in [1.807, 2.05) is 0 Å². The van der Waals surface area contributed by atoms with Crippen molar-refractivity contribution in [3.63, 3.8) is 0 Å². The van der Waals surface area contributed by atoms with Crippen LogP contribution in [0.25, 0.3) is 65.3 Å². The highest BCUT2D eigenvalue weighted by molar-refractivity contribution is 6.35. The molecule has 2 nitrogen and oxygen atoms in total. The number of fused-ring (bicyclic) bond motifs is 12. The predicted octanol–water partition coefficient (Wildman–Crippen LogP) is 18.6. The Morgan fingerprint density at radius 3 is 1.00 bits per heavy atom. The van der Waals surface area contributed by atoms with Crippen LogP contribution in [0.2, 0.25) is 0 Å². The van der Waals surface area contributed by atoms with Crippen LogP contribution in [0.1, 0.15) is 99.9 Å². The molecule has 2 aliphatic carbocycles. The van der Waals surface area contributed by atoms with Gasteiger partial charge in [0.05, 0.1) is 34.1 Å². The van der Waals surface area contributed by atoms with Crippen molar-refractivity contribution in [3.8, 4) is 22.3 Å². The first kappa shape index (κ1) is 40.2. The first-order valence-corrected chi connectivity index (χ1v) is 25.3. The highest BCUT2D eigenvalue weighted by Crippen LogP contribution is 2.61. The zero-order chi connectivity index (χ0) is 47.4. The van der Waals surface area contributed by atoms with Crippen molar-refractivity contribution in [3.05, 3.63) is 226 Å². The fourth-order valence-corrected chi connectivity index (χ4v) is 14.4. The van der Waals surface area contributed by atoms with Gasteiger partial charge in [-0.05, 0) is 148 Å². The van der Waals surface area contributed by atoms with Crippen molar-refractivity contribution < 1.29 is 0 Å². The van der Waals surface area contributed by atoms with Gasteiger partial charge in [-0.1, -0.05) is 189 Å². The van der Waals surface area contributed by atoms with Gasteiger partial charge in [-0.15, -0.1) is 0 Å². The number of benzene rings is 11. The molecule has 0 atom stereocenters. The predicted molar refractivity (Wildman–Crippen MR) is 296 cm³/mol. The standard InChI is InChI=1S/C68H54N2/c1-65(2)49-25-11-9-19-39(49)47-35-55-61(37-53(47)65)69(59-29-15-13-27-51(59)67(55,5)6)57-33-31-43-42-22-18-24-46-58(34-32-44(64(42)46)41-21-17-23-45(57)63(41)43)70-60-30-16-14-28-52(60)68(7,8)56-36-48-40-20-10-12-26-50(40)66(3,4)54(48)38-62(56)70/h9-38H,1-8H3. The fourth-order valence-electron chi connectivity index (χ4n) is 14.4. The maximum absolute atomic E-state index is 2.60. The molecule has 0 saturated carbocycles. The van der Waals surface area contributed by atoms with Crippen molar-refractivity contribution in [2.24, 2.45) is 0 Å². The molecule has 15 rings (SSSR count). The second-order valence-corrected chi connectivity index (χ2v) is 22.8. The zero-order valence-electron chi connectivity index (χ0n) is 41.2. The smallest absolute Gasteiger partial charge is 0.0540 e. The third kappa shape index (κ3) is 4.80. The van der Waals surface area contributed by atoms with Crippen LogP contribution in [-0.2, 0) is 21.7 Å². The lowest BCUT2D eigenvalue weighted by Crippen LogP contribution is -2.31. The third-order valence-electron chi connectivity index (χ3n) is 18.0. The van der Waals surface area contributed by atoms with Gasteiger partial charge in [0, 0.05) is 32.4 Å². The van der Waals surface area contributed by atoms with Gasteiger partial charge in [0.25, 0.3) is 0 Å². The van der Waals surface area contributed by atoms with E-state index in [1.54, 1.807) is 0 Å². The molecule has 0 unspecified atom stereocenters. The molecule has 11 aromatic carbocycles. The van der Waals surface area contributed by atoms with E-state index in [2.05, 4.69) is 247 Å². The molecular weight excluding hydrogens is 845 g/mol. The SMILES string of the molecule is CC1(C)c2ccccc2-c2cc3c(cc21)N(c1ccc2c4cccc5c(N6c7ccccc7C(C)(C)c7cc8c(cc76)C(C)(C)c6ccccc6-8)ccc(c6cccc1c62)c54)c1ccccc1C3(C)C. The highest BCUT2D eigenvalue weighted by Gasteiger charge is 2.45. The van der Waals surface area contributed by atoms with Crippen molar-refractivity contribution in [2.75, 3.05) is 9.80 Å². The number of rotatable bonds is 2. The quantitative estimate of drug-likeness (QED) is 0.126. The maximum Gasteiger partial charge on any atom is 0.0540 e. The Morgan fingerprint density at radius 2 is 0.571 bits per heavy atom. The summed E-state index contributed by atoms with van der Waals surface area (Å²) in [5.41, 5.74) is 23.3. The van der Waals surface area contributed by atoms with Gasteiger partial charge in [-0.3, -0.25) is 0 Å². The first-order chi connectivity index (χ1) is 33.8. The molecule has 2 heterocycles. The van der Waals surface area contributed by atoms with E-state index in [1.165, 1.54) is 144 Å². The van der Waals surface area contributed by atoms with Crippen LogP contribution in [0.15, 0.2) is 182 Å². The van der Waals surface area contributed by atoms with E-state index < -0.39 is 0 Å². The Morgan fingerprint density at radius 1 is 0.229 bits per heavy atom. The summed E-state index contributed by atoms with van der Waals surface area (Å²) in [6.45, 7) is 19.3. The summed E-state index contributed by atoms with van der Waals surface area (Å²) in [6.07, 6.45) is 0. The van der Waals surface area contributed by atoms with Crippen LogP contribution in [0.3, 0.4) is 0 Å². The maximum atomic E-state index is 2.60. The van der Waals surface area contributed by atoms with E-state index in [0.29, 0.717) is 0 Å². The molecule has 70 heavy (non-hydrogen) atoms. The summed E-state index contributed by atoms with van der Waals surface area (Å²) in [5.74, 6) is 0. The van der Waals surface area contributed by atoms with Crippen LogP contribution in [0.5, 0.6) is 0 Å². The van der Waals surface area contributed by atoms with Crippen LogP contribution in [0, 0.1) is 0 Å². The topological polar surface area (TPSA) is 6.48 Å². The Bertz CT molecular complexity index is 3850. The minimum atomic E-state index is -0.204. The molecule has 0 saturated heterocycles. The van der Waals surface area contributed by atoms with Crippen LogP contribution in [-0.4, -0.2) is 0 Å². The number of para-hydroxylation sites is 2. The van der Waals surface area contributed by atoms with Crippen molar-refractivity contribution in [2.45, 2.75) is 77.0 Å². The molecule has 0 fully saturated rings. The summed E-state index contributed by atoms with van der Waals surface area (Å²) in [5, 5.41) is 10.3. The molecule has 0 spiro atoms. The van der Waals surface area contributed by atoms with Gasteiger partial charge in [0.15, 0.2) is 0 Å². The fraction of sp³-hybridized carbons (Fsp3) is 0.176. The third-order valence-corrected chi connectivity index (χ3v) is 18.0. The van der Waals surface area contributed by atoms with Gasteiger partial charge < -0.3 is 9.80 Å². The molecule has 0 amide bonds. The van der Waals surface area contributed by atoms with Gasteiger partial charge >= 0.3 is 0 Å². The lowest BCUT2D eigenvalue weighted by molar-refractivity contribution is 0.627. The molecule has 2 heteroatoms. The summed E-state index contributed by atoms with van der Waals surface area (Å²) < 4.78 is 0. The van der Waals surface area contributed by atoms with E-state index in [-0.39, 0.29) is 21.7 Å². The van der Waals surface area contributed by atoms with Gasteiger partial charge in [0.2, 0.25) is 0 Å². The minimum absolute atomic E-state index is 0.119. The molecule has 0 radical (unpaired) electrons. The average molecular weight is 899 g/mol. The van der Waals surface area contributed by atoms with E-state index in [9.17, 15) is 0 Å². The molecule has 0 N–H and O–H groups in total. The zero-order valence-corrected chi connectivity index (χ0v) is 41.2. The highest BCUT2D eigenvalue weighted by atomic mass is 15.2. The normalized spacial score (nSPS) is 17.0. The lowest BCUT2D eigenvalue weighted by atomic mass is 9.71. The van der Waals surface area contributed by atoms with Crippen molar-refractivity contribution >= 4 is 77.2 Å². The average Bonchev–Trinajstić information content (AvgIpc) is 3.74. The van der Waals surface area contributed by atoms with Gasteiger partial charge in [-0.2, -0.15) is 0 Å². The summed E-state index contributed by atoms with van der Waals surface area (Å²) in [4.78, 5) is 5.20. The van der Waals surface area contributed by atoms with E-state index in [4.69, 9.17) is 0 Å². The molecule has 2 aliphatic heterocycles. The monoisotopic (exact) mass is 898 g/mol. The van der Waals surface area contributed by atoms with Crippen LogP contribution >= 0.6 is 0 Å². The Hall–Kier alpha value is -7.68. The van der Waals surface area contributed by atoms with Crippen LogP contribution in [0.4, 0.5) is 34.1 Å². The van der Waals surface area contributed by atoms with Crippen molar-refractivity contribution in [1.29, 1.82) is 0 Å². The van der Waals surface area contributed by atoms with E-state index in [0.717, 1.165) is 0 Å². The first-order valence-electron chi connectivity index (χ1n) is 25.3. The number of hydrogen-bond acceptors (Lipinski definition) is 2. The molecule has 11 aromatic rings. The minimum Gasteiger partial charge on any atom is -0.309 e. The number of anilines is 6. The Labute approximate surface area is 410 Å². The Balaban J connectivity index is 0.967. The molecule has 4 aliphatic rings. The largest absolute Gasteiger partial charge is 0.309 e. The molecule has 336 valence electrons.